The number of aliphatic imine (C=N–C) groups is 1. The molecule has 1 atom stereocenters. The van der Waals surface area contributed by atoms with Crippen molar-refractivity contribution in [1.29, 1.82) is 0 Å². The maximum atomic E-state index is 5.01. The lowest BCUT2D eigenvalue weighted by Crippen LogP contribution is -2.34. The highest BCUT2D eigenvalue weighted by Gasteiger charge is 2.16. The van der Waals surface area contributed by atoms with E-state index < -0.39 is 0 Å². The minimum atomic E-state index is 0.273. The summed E-state index contributed by atoms with van der Waals surface area (Å²) in [6, 6.07) is 0. The molecule has 0 N–H and O–H groups in total. The highest BCUT2D eigenvalue weighted by Crippen LogP contribution is 2.04. The van der Waals surface area contributed by atoms with Gasteiger partial charge in [0.2, 0.25) is 0 Å². The zero-order chi connectivity index (χ0) is 7.40. The van der Waals surface area contributed by atoms with E-state index in [4.69, 9.17) is 4.74 Å². The predicted octanol–water partition coefficient (Wildman–Crippen LogP) is 0.713. The van der Waals surface area contributed by atoms with E-state index in [2.05, 4.69) is 23.7 Å². The number of rotatable bonds is 3. The lowest BCUT2D eigenvalue weighted by atomic mass is 10.4. The van der Waals surface area contributed by atoms with E-state index in [1.807, 2.05) is 0 Å². The van der Waals surface area contributed by atoms with Crippen LogP contribution in [0, 0.1) is 0 Å². The van der Waals surface area contributed by atoms with Crippen LogP contribution in [0.3, 0.4) is 0 Å². The van der Waals surface area contributed by atoms with Gasteiger partial charge in [0.1, 0.15) is 12.8 Å². The van der Waals surface area contributed by atoms with Gasteiger partial charge in [-0.15, -0.1) is 0 Å². The number of hydrogen-bond donors (Lipinski definition) is 0. The van der Waals surface area contributed by atoms with E-state index in [-0.39, 0.29) is 6.17 Å². The highest BCUT2D eigenvalue weighted by molar-refractivity contribution is 5.48. The third kappa shape index (κ3) is 1.48. The molecule has 1 unspecified atom stereocenters. The van der Waals surface area contributed by atoms with Crippen molar-refractivity contribution in [3.63, 3.8) is 0 Å². The van der Waals surface area contributed by atoms with Crippen LogP contribution in [0.15, 0.2) is 4.99 Å². The molecule has 0 radical (unpaired) electrons. The quantitative estimate of drug-likeness (QED) is 0.580. The fourth-order valence-electron chi connectivity index (χ4n) is 1.13. The van der Waals surface area contributed by atoms with Crippen molar-refractivity contribution >= 4 is 6.40 Å². The summed E-state index contributed by atoms with van der Waals surface area (Å²) in [4.78, 5) is 6.42. The molecule has 3 nitrogen and oxygen atoms in total. The first-order valence-electron chi connectivity index (χ1n) is 3.75. The van der Waals surface area contributed by atoms with Gasteiger partial charge in [0.15, 0.2) is 6.40 Å². The average Bonchev–Trinajstić information content (AvgIpc) is 2.43. The van der Waals surface area contributed by atoms with Gasteiger partial charge in [0.05, 0.1) is 0 Å². The molecule has 58 valence electrons. The highest BCUT2D eigenvalue weighted by atomic mass is 16.5. The Morgan fingerprint density at radius 1 is 1.60 bits per heavy atom. The second kappa shape index (κ2) is 3.56. The molecule has 1 rings (SSSR count). The Balaban J connectivity index is 2.37. The van der Waals surface area contributed by atoms with Gasteiger partial charge in [-0.3, -0.25) is 4.90 Å². The average molecular weight is 142 g/mol. The molecule has 0 saturated carbocycles. The van der Waals surface area contributed by atoms with E-state index in [0.29, 0.717) is 0 Å². The largest absolute Gasteiger partial charge is 0.480 e. The molecule has 0 fully saturated rings. The van der Waals surface area contributed by atoms with Gasteiger partial charge in [-0.1, -0.05) is 13.8 Å². The van der Waals surface area contributed by atoms with Crippen LogP contribution in [-0.4, -0.2) is 37.2 Å². The lowest BCUT2D eigenvalue weighted by Gasteiger charge is -2.21. The smallest absolute Gasteiger partial charge is 0.171 e. The maximum Gasteiger partial charge on any atom is 0.171 e. The Kier molecular flexibility index (Phi) is 2.68. The molecule has 0 aromatic carbocycles. The standard InChI is InChI=1S/C7H14N2O/c1-3-9(4-2)7-5-10-6-8-7/h6-7H,3-5H2,1-2H3. The molecule has 3 heteroatoms. The summed E-state index contributed by atoms with van der Waals surface area (Å²) < 4.78 is 5.01. The fourth-order valence-corrected chi connectivity index (χ4v) is 1.13. The molecule has 0 spiro atoms. The number of hydrogen-bond acceptors (Lipinski definition) is 3. The van der Waals surface area contributed by atoms with Crippen molar-refractivity contribution in [2.24, 2.45) is 4.99 Å². The van der Waals surface area contributed by atoms with E-state index >= 15 is 0 Å². The monoisotopic (exact) mass is 142 g/mol. The maximum absolute atomic E-state index is 5.01. The molecule has 1 aliphatic heterocycles. The van der Waals surface area contributed by atoms with Crippen molar-refractivity contribution in [1.82, 2.24) is 4.90 Å². The zero-order valence-electron chi connectivity index (χ0n) is 6.58. The Morgan fingerprint density at radius 2 is 2.30 bits per heavy atom. The van der Waals surface area contributed by atoms with Gasteiger partial charge in [0.25, 0.3) is 0 Å². The predicted molar refractivity (Wildman–Crippen MR) is 41.2 cm³/mol. The second-order valence-corrected chi connectivity index (χ2v) is 2.29. The normalized spacial score (nSPS) is 23.7. The molecule has 0 aromatic rings. The van der Waals surface area contributed by atoms with Crippen molar-refractivity contribution in [2.45, 2.75) is 20.0 Å². The summed E-state index contributed by atoms with van der Waals surface area (Å²) in [6.07, 6.45) is 1.82. The van der Waals surface area contributed by atoms with Gasteiger partial charge < -0.3 is 4.74 Å². The fraction of sp³-hybridized carbons (Fsp3) is 0.857. The third-order valence-electron chi connectivity index (χ3n) is 1.79. The first kappa shape index (κ1) is 7.54. The molecule has 1 aliphatic rings. The van der Waals surface area contributed by atoms with Crippen LogP contribution < -0.4 is 0 Å². The molecule has 0 amide bonds. The van der Waals surface area contributed by atoms with Crippen LogP contribution in [0.4, 0.5) is 0 Å². The first-order valence-corrected chi connectivity index (χ1v) is 3.75. The molecule has 1 heterocycles. The molecule has 0 bridgehead atoms. The number of ether oxygens (including phenoxy) is 1. The Hall–Kier alpha value is -0.570. The molecule has 0 saturated heterocycles. The summed E-state index contributed by atoms with van der Waals surface area (Å²) in [7, 11) is 0. The van der Waals surface area contributed by atoms with Crippen LogP contribution in [0.1, 0.15) is 13.8 Å². The molecule has 0 aromatic heterocycles. The summed E-state index contributed by atoms with van der Waals surface area (Å²) in [5, 5.41) is 0. The van der Waals surface area contributed by atoms with Gasteiger partial charge >= 0.3 is 0 Å². The molecular weight excluding hydrogens is 128 g/mol. The Bertz CT molecular complexity index is 121. The summed E-state index contributed by atoms with van der Waals surface area (Å²) >= 11 is 0. The lowest BCUT2D eigenvalue weighted by molar-refractivity contribution is 0.177. The van der Waals surface area contributed by atoms with Crippen LogP contribution in [-0.2, 0) is 4.74 Å². The molecule has 0 aliphatic carbocycles. The molecule has 10 heavy (non-hydrogen) atoms. The number of nitrogens with zero attached hydrogens (tertiary/aromatic N) is 2. The summed E-state index contributed by atoms with van der Waals surface area (Å²) in [6.45, 7) is 7.08. The van der Waals surface area contributed by atoms with Crippen molar-refractivity contribution in [3.8, 4) is 0 Å². The van der Waals surface area contributed by atoms with Crippen molar-refractivity contribution in [2.75, 3.05) is 19.7 Å². The second-order valence-electron chi connectivity index (χ2n) is 2.29. The van der Waals surface area contributed by atoms with E-state index in [1.54, 1.807) is 6.40 Å². The van der Waals surface area contributed by atoms with Crippen LogP contribution in [0.5, 0.6) is 0 Å². The minimum Gasteiger partial charge on any atom is -0.480 e. The zero-order valence-corrected chi connectivity index (χ0v) is 6.58. The van der Waals surface area contributed by atoms with Crippen LogP contribution in [0.25, 0.3) is 0 Å². The van der Waals surface area contributed by atoms with Gasteiger partial charge in [0, 0.05) is 0 Å². The SMILES string of the molecule is CCN(CC)C1COC=N1. The van der Waals surface area contributed by atoms with Crippen molar-refractivity contribution < 1.29 is 4.74 Å². The van der Waals surface area contributed by atoms with E-state index in [9.17, 15) is 0 Å². The summed E-state index contributed by atoms with van der Waals surface area (Å²) in [5.74, 6) is 0. The minimum absolute atomic E-state index is 0.273. The van der Waals surface area contributed by atoms with Crippen molar-refractivity contribution in [3.05, 3.63) is 0 Å². The Labute approximate surface area is 61.7 Å². The van der Waals surface area contributed by atoms with Crippen LogP contribution in [0.2, 0.25) is 0 Å². The van der Waals surface area contributed by atoms with Gasteiger partial charge in [-0.05, 0) is 13.1 Å². The topological polar surface area (TPSA) is 24.8 Å². The number of likely N-dealkylation sites (N-methyl/N-ethyl adjacent to an activating group) is 1. The molecular formula is C7H14N2O. The van der Waals surface area contributed by atoms with Gasteiger partial charge in [-0.2, -0.15) is 0 Å². The summed E-state index contributed by atoms with van der Waals surface area (Å²) in [5.41, 5.74) is 0. The third-order valence-corrected chi connectivity index (χ3v) is 1.79. The van der Waals surface area contributed by atoms with E-state index in [1.165, 1.54) is 0 Å². The van der Waals surface area contributed by atoms with Crippen LogP contribution >= 0.6 is 0 Å². The van der Waals surface area contributed by atoms with Gasteiger partial charge in [-0.25, -0.2) is 4.99 Å². The van der Waals surface area contributed by atoms with E-state index in [0.717, 1.165) is 19.7 Å². The first-order chi connectivity index (χ1) is 4.88. The Morgan fingerprint density at radius 3 is 2.70 bits per heavy atom.